The highest BCUT2D eigenvalue weighted by molar-refractivity contribution is 6.30. The van der Waals surface area contributed by atoms with Gasteiger partial charge in [0, 0.05) is 17.8 Å². The number of halogens is 1. The van der Waals surface area contributed by atoms with Crippen molar-refractivity contribution >= 4 is 23.3 Å². The minimum atomic E-state index is -0.605. The van der Waals surface area contributed by atoms with Crippen LogP contribution in [0.2, 0.25) is 5.02 Å². The van der Waals surface area contributed by atoms with Crippen LogP contribution in [0.4, 0.5) is 5.69 Å². The van der Waals surface area contributed by atoms with Crippen molar-refractivity contribution < 1.29 is 9.53 Å². The average Bonchev–Trinajstić information content (AvgIpc) is 2.62. The molecule has 5 N–H and O–H groups in total. The second kappa shape index (κ2) is 8.41. The quantitative estimate of drug-likeness (QED) is 0.317. The molecule has 0 fully saturated rings. The van der Waals surface area contributed by atoms with E-state index in [0.717, 1.165) is 16.8 Å². The molecular formula is C18H21ClN4O2. The molecule has 0 saturated heterocycles. The normalized spacial score (nSPS) is 11.5. The molecule has 2 aromatic rings. The molecule has 0 radical (unpaired) electrons. The van der Waals surface area contributed by atoms with Crippen LogP contribution in [0.15, 0.2) is 60.0 Å². The second-order valence-electron chi connectivity index (χ2n) is 5.24. The number of benzene rings is 2. The standard InChI is InChI=1S/C18H21ClN4O2/c1-3-25-18(24)16(22-21)17(20)23(2)15-10-6-13(7-11-15)12-4-8-14(19)9-5-12/h4-11,22H,3,20-21H2,1-2H3/b17-16+. The summed E-state index contributed by atoms with van der Waals surface area (Å²) in [7, 11) is 1.74. The molecule has 2 rings (SSSR count). The van der Waals surface area contributed by atoms with E-state index in [1.54, 1.807) is 18.9 Å². The van der Waals surface area contributed by atoms with Crippen LogP contribution < -0.4 is 21.9 Å². The summed E-state index contributed by atoms with van der Waals surface area (Å²) in [5.74, 6) is 4.97. The first kappa shape index (κ1) is 18.6. The van der Waals surface area contributed by atoms with Gasteiger partial charge in [0.05, 0.1) is 6.61 Å². The molecule has 132 valence electrons. The minimum Gasteiger partial charge on any atom is -0.461 e. The molecule has 6 nitrogen and oxygen atoms in total. The summed E-state index contributed by atoms with van der Waals surface area (Å²) in [6, 6.07) is 15.3. The van der Waals surface area contributed by atoms with E-state index in [2.05, 4.69) is 5.43 Å². The monoisotopic (exact) mass is 360 g/mol. The third-order valence-electron chi connectivity index (χ3n) is 3.67. The first-order chi connectivity index (χ1) is 12.0. The Kier molecular flexibility index (Phi) is 6.27. The number of carbonyl (C=O) groups excluding carboxylic acids is 1. The Hall–Kier alpha value is -2.70. The molecule has 0 aromatic heterocycles. The van der Waals surface area contributed by atoms with Crippen LogP contribution in [0.25, 0.3) is 11.1 Å². The summed E-state index contributed by atoms with van der Waals surface area (Å²) in [5, 5.41) is 0.693. The molecule has 0 atom stereocenters. The highest BCUT2D eigenvalue weighted by atomic mass is 35.5. The van der Waals surface area contributed by atoms with Crippen molar-refractivity contribution in [2.45, 2.75) is 6.92 Å². The molecule has 0 saturated carbocycles. The highest BCUT2D eigenvalue weighted by Crippen LogP contribution is 2.25. The van der Waals surface area contributed by atoms with Crippen molar-refractivity contribution in [2.75, 3.05) is 18.6 Å². The first-order valence-corrected chi connectivity index (χ1v) is 8.09. The van der Waals surface area contributed by atoms with E-state index < -0.39 is 5.97 Å². The van der Waals surface area contributed by atoms with E-state index in [1.807, 2.05) is 48.5 Å². The number of nitrogens with zero attached hydrogens (tertiary/aromatic N) is 1. The van der Waals surface area contributed by atoms with Crippen LogP contribution in [0.5, 0.6) is 0 Å². The largest absolute Gasteiger partial charge is 0.461 e. The summed E-state index contributed by atoms with van der Waals surface area (Å²) in [6.45, 7) is 1.94. The van der Waals surface area contributed by atoms with Crippen LogP contribution in [0, 0.1) is 0 Å². The van der Waals surface area contributed by atoms with E-state index in [0.29, 0.717) is 5.02 Å². The lowest BCUT2D eigenvalue weighted by molar-refractivity contribution is -0.139. The molecule has 25 heavy (non-hydrogen) atoms. The number of rotatable bonds is 6. The number of carbonyl (C=O) groups is 1. The van der Waals surface area contributed by atoms with Gasteiger partial charge in [0.25, 0.3) is 0 Å². The topological polar surface area (TPSA) is 93.6 Å². The maximum atomic E-state index is 11.9. The van der Waals surface area contributed by atoms with E-state index in [9.17, 15) is 4.79 Å². The molecule has 7 heteroatoms. The predicted octanol–water partition coefficient (Wildman–Crippen LogP) is 2.60. The van der Waals surface area contributed by atoms with E-state index in [1.165, 1.54) is 0 Å². The third-order valence-corrected chi connectivity index (χ3v) is 3.93. The number of hydrazine groups is 1. The van der Waals surface area contributed by atoms with Crippen molar-refractivity contribution in [2.24, 2.45) is 11.6 Å². The van der Waals surface area contributed by atoms with Crippen LogP contribution in [0.3, 0.4) is 0 Å². The summed E-state index contributed by atoms with van der Waals surface area (Å²) in [6.07, 6.45) is 0. The van der Waals surface area contributed by atoms with E-state index in [4.69, 9.17) is 27.9 Å². The number of esters is 1. The van der Waals surface area contributed by atoms with E-state index >= 15 is 0 Å². The smallest absolute Gasteiger partial charge is 0.359 e. The summed E-state index contributed by atoms with van der Waals surface area (Å²) >= 11 is 5.91. The van der Waals surface area contributed by atoms with Gasteiger partial charge in [-0.05, 0) is 42.3 Å². The van der Waals surface area contributed by atoms with Gasteiger partial charge in [-0.2, -0.15) is 0 Å². The van der Waals surface area contributed by atoms with Gasteiger partial charge in [0.2, 0.25) is 0 Å². The van der Waals surface area contributed by atoms with Gasteiger partial charge in [-0.15, -0.1) is 0 Å². The molecule has 0 unspecified atom stereocenters. The molecule has 0 aliphatic rings. The van der Waals surface area contributed by atoms with Crippen LogP contribution in [-0.2, 0) is 9.53 Å². The molecule has 0 aliphatic heterocycles. The van der Waals surface area contributed by atoms with Gasteiger partial charge in [-0.3, -0.25) is 5.84 Å². The van der Waals surface area contributed by atoms with Crippen molar-refractivity contribution in [3.63, 3.8) is 0 Å². The molecule has 0 aliphatic carbocycles. The first-order valence-electron chi connectivity index (χ1n) is 7.71. The minimum absolute atomic E-state index is 0.00567. The van der Waals surface area contributed by atoms with Gasteiger partial charge < -0.3 is 20.8 Å². The fourth-order valence-electron chi connectivity index (χ4n) is 2.27. The summed E-state index contributed by atoms with van der Waals surface area (Å²) in [5.41, 5.74) is 11.3. The second-order valence-corrected chi connectivity index (χ2v) is 5.67. The number of nitrogens with two attached hydrogens (primary N) is 2. The summed E-state index contributed by atoms with van der Waals surface area (Å²) in [4.78, 5) is 13.5. The Morgan fingerprint density at radius 3 is 2.12 bits per heavy atom. The van der Waals surface area contributed by atoms with Gasteiger partial charge in [-0.1, -0.05) is 35.9 Å². The number of nitrogens with one attached hydrogen (secondary N) is 1. The molecule has 2 aromatic carbocycles. The van der Waals surface area contributed by atoms with Gasteiger partial charge >= 0.3 is 5.97 Å². The molecule has 0 bridgehead atoms. The fraction of sp³-hybridized carbons (Fsp3) is 0.167. The molecule has 0 heterocycles. The number of hydrogen-bond donors (Lipinski definition) is 3. The Morgan fingerprint density at radius 2 is 1.64 bits per heavy atom. The fourth-order valence-corrected chi connectivity index (χ4v) is 2.39. The van der Waals surface area contributed by atoms with Crippen molar-refractivity contribution in [3.05, 3.63) is 65.1 Å². The van der Waals surface area contributed by atoms with Crippen LogP contribution in [-0.4, -0.2) is 19.6 Å². The maximum Gasteiger partial charge on any atom is 0.359 e. The Balaban J connectivity index is 2.25. The zero-order valence-corrected chi connectivity index (χ0v) is 14.9. The van der Waals surface area contributed by atoms with Gasteiger partial charge in [0.15, 0.2) is 5.70 Å². The Labute approximate surface area is 152 Å². The summed E-state index contributed by atoms with van der Waals surface area (Å²) < 4.78 is 4.93. The Bertz CT molecular complexity index is 758. The number of hydrogen-bond acceptors (Lipinski definition) is 6. The van der Waals surface area contributed by atoms with Crippen molar-refractivity contribution in [1.82, 2.24) is 5.43 Å². The average molecular weight is 361 g/mol. The highest BCUT2D eigenvalue weighted by Gasteiger charge is 2.17. The number of ether oxygens (including phenoxy) is 1. The van der Waals surface area contributed by atoms with Crippen molar-refractivity contribution in [1.29, 1.82) is 0 Å². The lowest BCUT2D eigenvalue weighted by Gasteiger charge is -2.22. The van der Waals surface area contributed by atoms with Crippen molar-refractivity contribution in [3.8, 4) is 11.1 Å². The van der Waals surface area contributed by atoms with E-state index in [-0.39, 0.29) is 18.1 Å². The lowest BCUT2D eigenvalue weighted by atomic mass is 10.1. The lowest BCUT2D eigenvalue weighted by Crippen LogP contribution is -2.36. The Morgan fingerprint density at radius 1 is 1.12 bits per heavy atom. The SMILES string of the molecule is CCOC(=O)/C(NN)=C(/N)N(C)c1ccc(-c2ccc(Cl)cc2)cc1. The third kappa shape index (κ3) is 4.43. The zero-order valence-electron chi connectivity index (χ0n) is 14.1. The molecule has 0 spiro atoms. The number of anilines is 1. The predicted molar refractivity (Wildman–Crippen MR) is 100 cm³/mol. The van der Waals surface area contributed by atoms with Gasteiger partial charge in [0.1, 0.15) is 5.82 Å². The van der Waals surface area contributed by atoms with Crippen LogP contribution in [0.1, 0.15) is 6.92 Å². The van der Waals surface area contributed by atoms with Gasteiger partial charge in [-0.25, -0.2) is 4.79 Å². The van der Waals surface area contributed by atoms with Crippen LogP contribution >= 0.6 is 11.6 Å². The zero-order chi connectivity index (χ0) is 18.4. The maximum absolute atomic E-state index is 11.9. The molecular weight excluding hydrogens is 340 g/mol. The molecule has 0 amide bonds.